The normalized spacial score (nSPS) is 25.1. The molecule has 4 atom stereocenters. The maximum atomic E-state index is 14.0. The van der Waals surface area contributed by atoms with E-state index in [1.165, 1.54) is 22.6 Å². The first-order valence-electron chi connectivity index (χ1n) is 17.3. The molecule has 4 rings (SSSR count). The number of likely N-dealkylation sites (tertiary alicyclic amines) is 1. The lowest BCUT2D eigenvalue weighted by Gasteiger charge is -2.30. The number of nitrogens with zero attached hydrogens (tertiary/aromatic N) is 2. The van der Waals surface area contributed by atoms with Crippen molar-refractivity contribution in [2.45, 2.75) is 148 Å². The smallest absolute Gasteiger partial charge is 0.408 e. The topological polar surface area (TPSA) is 131 Å². The van der Waals surface area contributed by atoms with E-state index in [-0.39, 0.29) is 25.0 Å². The van der Waals surface area contributed by atoms with Crippen LogP contribution in [0.15, 0.2) is 0 Å². The Morgan fingerprint density at radius 2 is 1.27 bits per heavy atom. The lowest BCUT2D eigenvalue weighted by molar-refractivity contribution is -0.149. The molecular formula is C34H55N3O8. The van der Waals surface area contributed by atoms with Gasteiger partial charge in [-0.3, -0.25) is 9.59 Å². The number of carbonyl (C=O) groups is 5. The van der Waals surface area contributed by atoms with Crippen molar-refractivity contribution in [2.75, 3.05) is 19.8 Å². The molecule has 4 aliphatic rings. The summed E-state index contributed by atoms with van der Waals surface area (Å²) < 4.78 is 16.8. The summed E-state index contributed by atoms with van der Waals surface area (Å²) in [6.45, 7) is 10.0. The number of amides is 3. The molecule has 0 bridgehead atoms. The van der Waals surface area contributed by atoms with E-state index in [1.807, 2.05) is 13.8 Å². The van der Waals surface area contributed by atoms with Crippen LogP contribution in [0.25, 0.3) is 0 Å². The van der Waals surface area contributed by atoms with Crippen LogP contribution >= 0.6 is 0 Å². The van der Waals surface area contributed by atoms with Gasteiger partial charge in [-0.2, -0.15) is 0 Å². The first-order valence-corrected chi connectivity index (χ1v) is 17.3. The number of esters is 2. The number of rotatable bonds is 11. The lowest BCUT2D eigenvalue weighted by atomic mass is 9.90. The van der Waals surface area contributed by atoms with Crippen LogP contribution < -0.4 is 5.32 Å². The molecule has 2 saturated heterocycles. The predicted octanol–water partition coefficient (Wildman–Crippen LogP) is 4.74. The van der Waals surface area contributed by atoms with Gasteiger partial charge in [0.05, 0.1) is 13.2 Å². The Labute approximate surface area is 268 Å². The molecule has 2 unspecified atom stereocenters. The van der Waals surface area contributed by atoms with Gasteiger partial charge in [0.15, 0.2) is 12.1 Å². The molecule has 2 saturated carbocycles. The molecule has 4 fully saturated rings. The second kappa shape index (κ2) is 15.6. The molecule has 2 aliphatic carbocycles. The van der Waals surface area contributed by atoms with Gasteiger partial charge in [-0.05, 0) is 83.5 Å². The van der Waals surface area contributed by atoms with Gasteiger partial charge in [-0.1, -0.05) is 52.4 Å². The van der Waals surface area contributed by atoms with E-state index in [9.17, 15) is 24.0 Å². The fraction of sp³-hybridized carbons (Fsp3) is 0.853. The van der Waals surface area contributed by atoms with Gasteiger partial charge in [0, 0.05) is 6.54 Å². The summed E-state index contributed by atoms with van der Waals surface area (Å²) in [4.78, 5) is 69.8. The fourth-order valence-electron chi connectivity index (χ4n) is 7.07. The zero-order chi connectivity index (χ0) is 32.7. The van der Waals surface area contributed by atoms with Gasteiger partial charge in [-0.25, -0.2) is 14.4 Å². The minimum absolute atomic E-state index is 0.0875. The molecule has 45 heavy (non-hydrogen) atoms. The molecule has 0 aromatic heterocycles. The van der Waals surface area contributed by atoms with E-state index in [0.717, 1.165) is 51.4 Å². The van der Waals surface area contributed by atoms with Gasteiger partial charge >= 0.3 is 18.0 Å². The molecule has 0 spiro atoms. The van der Waals surface area contributed by atoms with Crippen LogP contribution in [0.1, 0.15) is 118 Å². The highest BCUT2D eigenvalue weighted by Crippen LogP contribution is 2.36. The molecule has 0 aromatic carbocycles. The van der Waals surface area contributed by atoms with E-state index >= 15 is 0 Å². The Morgan fingerprint density at radius 3 is 1.73 bits per heavy atom. The standard InChI is InChI=1S/C34H55N3O8/c1-22(2)19-25(35-33(42)45-34(3,4)5)29(38)36-18-12-17-26(36)30(39)37-27(31(40)43-20-23-13-8-6-9-14-23)28(37)32(41)44-21-24-15-10-7-11-16-24/h22-28H,6-21H2,1-5H3,(H,35,42)/t25-,26+,27?,28?,37?/m0/s1. The van der Waals surface area contributed by atoms with Gasteiger partial charge in [0.25, 0.3) is 0 Å². The van der Waals surface area contributed by atoms with Crippen LogP contribution in [0, 0.1) is 17.8 Å². The Bertz CT molecular complexity index is 1020. The van der Waals surface area contributed by atoms with Crippen molar-refractivity contribution < 1.29 is 38.2 Å². The summed E-state index contributed by atoms with van der Waals surface area (Å²) in [5.74, 6) is -1.34. The molecule has 11 heteroatoms. The van der Waals surface area contributed by atoms with Crippen LogP contribution in [0.5, 0.6) is 0 Å². The van der Waals surface area contributed by atoms with Crippen molar-refractivity contribution in [3.8, 4) is 0 Å². The Morgan fingerprint density at radius 1 is 0.756 bits per heavy atom. The molecular weight excluding hydrogens is 578 g/mol. The zero-order valence-electron chi connectivity index (χ0n) is 28.0. The second-order valence-electron chi connectivity index (χ2n) is 14.9. The third-order valence-corrected chi connectivity index (χ3v) is 9.44. The number of alkyl carbamates (subject to hydrolysis) is 1. The molecule has 1 N–H and O–H groups in total. The minimum atomic E-state index is -1.05. The van der Waals surface area contributed by atoms with E-state index in [4.69, 9.17) is 14.2 Å². The number of hydrogen-bond acceptors (Lipinski definition) is 8. The molecule has 254 valence electrons. The van der Waals surface area contributed by atoms with Gasteiger partial charge in [-0.15, -0.1) is 0 Å². The molecule has 11 nitrogen and oxygen atoms in total. The summed E-state index contributed by atoms with van der Waals surface area (Å²) in [5.41, 5.74) is -0.734. The number of nitrogens with one attached hydrogen (secondary N) is 1. The molecule has 2 aliphatic heterocycles. The van der Waals surface area contributed by atoms with E-state index in [1.54, 1.807) is 20.8 Å². The maximum absolute atomic E-state index is 14.0. The van der Waals surface area contributed by atoms with E-state index in [2.05, 4.69) is 5.32 Å². The van der Waals surface area contributed by atoms with Crippen LogP contribution in [0.2, 0.25) is 0 Å². The van der Waals surface area contributed by atoms with Gasteiger partial charge < -0.3 is 29.3 Å². The first-order chi connectivity index (χ1) is 21.4. The fourth-order valence-corrected chi connectivity index (χ4v) is 7.07. The van der Waals surface area contributed by atoms with Gasteiger partial charge in [0.2, 0.25) is 11.8 Å². The highest BCUT2D eigenvalue weighted by atomic mass is 16.6. The number of carbonyl (C=O) groups excluding carboxylic acids is 5. The third-order valence-electron chi connectivity index (χ3n) is 9.44. The largest absolute Gasteiger partial charge is 0.464 e. The van der Waals surface area contributed by atoms with Crippen LogP contribution in [-0.2, 0) is 33.4 Å². The monoisotopic (exact) mass is 633 g/mol. The lowest BCUT2D eigenvalue weighted by Crippen LogP contribution is -2.53. The third kappa shape index (κ3) is 9.82. The molecule has 0 aromatic rings. The van der Waals surface area contributed by atoms with Gasteiger partial charge in [0.1, 0.15) is 17.7 Å². The van der Waals surface area contributed by atoms with E-state index in [0.29, 0.717) is 37.6 Å². The summed E-state index contributed by atoms with van der Waals surface area (Å²) >= 11 is 0. The highest BCUT2D eigenvalue weighted by Gasteiger charge is 2.63. The second-order valence-corrected chi connectivity index (χ2v) is 14.9. The van der Waals surface area contributed by atoms with Crippen LogP contribution in [-0.4, -0.2) is 89.2 Å². The summed E-state index contributed by atoms with van der Waals surface area (Å²) in [5, 5.41) is 2.71. The zero-order valence-corrected chi connectivity index (χ0v) is 28.0. The van der Waals surface area contributed by atoms with Crippen LogP contribution in [0.3, 0.4) is 0 Å². The Hall–Kier alpha value is -2.85. The number of hydrogen-bond donors (Lipinski definition) is 1. The van der Waals surface area contributed by atoms with Crippen molar-refractivity contribution >= 4 is 29.8 Å². The maximum Gasteiger partial charge on any atom is 0.408 e. The summed E-state index contributed by atoms with van der Waals surface area (Å²) in [6.07, 6.45) is 11.5. The summed E-state index contributed by atoms with van der Waals surface area (Å²) in [7, 11) is 0. The first kappa shape index (κ1) is 35.0. The Balaban J connectivity index is 1.45. The van der Waals surface area contributed by atoms with Crippen molar-refractivity contribution in [2.24, 2.45) is 17.8 Å². The average molecular weight is 634 g/mol. The molecule has 2 heterocycles. The average Bonchev–Trinajstić information content (AvgIpc) is 3.55. The summed E-state index contributed by atoms with van der Waals surface area (Å²) in [6, 6.07) is -3.83. The SMILES string of the molecule is CC(C)C[C@H](NC(=O)OC(C)(C)C)C(=O)N1CCC[C@@H]1C(=O)N1C(C(=O)OCC2CCCCC2)C1C(=O)OCC1CCCCC1. The van der Waals surface area contributed by atoms with E-state index < -0.39 is 53.7 Å². The molecule has 3 amide bonds. The molecule has 0 radical (unpaired) electrons. The quantitative estimate of drug-likeness (QED) is 0.196. The van der Waals surface area contributed by atoms with Crippen molar-refractivity contribution in [3.63, 3.8) is 0 Å². The van der Waals surface area contributed by atoms with Crippen molar-refractivity contribution in [1.82, 2.24) is 15.1 Å². The van der Waals surface area contributed by atoms with Crippen molar-refractivity contribution in [3.05, 3.63) is 0 Å². The Kier molecular flexibility index (Phi) is 12.2. The predicted molar refractivity (Wildman–Crippen MR) is 167 cm³/mol. The van der Waals surface area contributed by atoms with Crippen LogP contribution in [0.4, 0.5) is 4.79 Å². The minimum Gasteiger partial charge on any atom is -0.464 e. The highest BCUT2D eigenvalue weighted by molar-refractivity contribution is 6.03. The van der Waals surface area contributed by atoms with Crippen molar-refractivity contribution in [1.29, 1.82) is 0 Å². The number of ether oxygens (including phenoxy) is 3.